The van der Waals surface area contributed by atoms with Crippen LogP contribution in [0.3, 0.4) is 0 Å². The summed E-state index contributed by atoms with van der Waals surface area (Å²) in [6, 6.07) is 5.99. The molecule has 0 bridgehead atoms. The summed E-state index contributed by atoms with van der Waals surface area (Å²) in [5, 5.41) is 0. The van der Waals surface area contributed by atoms with Gasteiger partial charge in [0.25, 0.3) is 10.1 Å². The highest BCUT2D eigenvalue weighted by molar-refractivity contribution is 7.85. The number of hydrogen-bond acceptors (Lipinski definition) is 2. The first kappa shape index (κ1) is 11.9. The van der Waals surface area contributed by atoms with Gasteiger partial charge in [0.05, 0.1) is 4.90 Å². The lowest BCUT2D eigenvalue weighted by Crippen LogP contribution is -1.96. The van der Waals surface area contributed by atoms with E-state index in [1.807, 2.05) is 6.92 Å². The third kappa shape index (κ3) is 3.10. The molecule has 0 radical (unpaired) electrons. The Morgan fingerprint density at radius 1 is 1.17 bits per heavy atom. The molecule has 0 saturated carbocycles. The van der Waals surface area contributed by atoms with Crippen LogP contribution in [0.5, 0.6) is 0 Å². The van der Waals surface area contributed by atoms with Gasteiger partial charge in [0.15, 0.2) is 0 Å². The van der Waals surface area contributed by atoms with Gasteiger partial charge in [-0.2, -0.15) is 8.42 Å². The fourth-order valence-corrected chi connectivity index (χ4v) is 1.19. The molecule has 0 unspecified atom stereocenters. The smallest absolute Gasteiger partial charge is 0.282 e. The summed E-state index contributed by atoms with van der Waals surface area (Å²) in [6.07, 6.45) is 0. The first-order valence-electron chi connectivity index (χ1n) is 3.04. The van der Waals surface area contributed by atoms with E-state index in [1.54, 1.807) is 12.1 Å². The molecule has 1 aromatic rings. The molecule has 0 aliphatic rings. The Balaban J connectivity index is 0.00000121. The second kappa shape index (κ2) is 4.22. The minimum atomic E-state index is -4.02. The summed E-state index contributed by atoms with van der Waals surface area (Å²) in [5.74, 6) is 0. The molecule has 64 valence electrons. The monoisotopic (exact) mass is 198 g/mol. The van der Waals surface area contributed by atoms with Crippen LogP contribution in [0.15, 0.2) is 29.2 Å². The van der Waals surface area contributed by atoms with E-state index >= 15 is 0 Å². The molecule has 0 aromatic heterocycles. The third-order valence-electron chi connectivity index (χ3n) is 1.32. The van der Waals surface area contributed by atoms with Crippen LogP contribution in [0.2, 0.25) is 0 Å². The quantitative estimate of drug-likeness (QED) is 0.523. The van der Waals surface area contributed by atoms with E-state index < -0.39 is 10.1 Å². The van der Waals surface area contributed by atoms with E-state index in [4.69, 9.17) is 4.55 Å². The lowest BCUT2D eigenvalue weighted by molar-refractivity contribution is 0.483. The minimum absolute atomic E-state index is 0. The molecular formula is C7H10MgO3S. The van der Waals surface area contributed by atoms with Gasteiger partial charge < -0.3 is 0 Å². The maximum absolute atomic E-state index is 10.5. The molecule has 0 heterocycles. The van der Waals surface area contributed by atoms with Crippen molar-refractivity contribution in [2.24, 2.45) is 0 Å². The van der Waals surface area contributed by atoms with Gasteiger partial charge in [-0.25, -0.2) is 0 Å². The van der Waals surface area contributed by atoms with Crippen LogP contribution >= 0.6 is 0 Å². The summed E-state index contributed by atoms with van der Waals surface area (Å²) < 4.78 is 29.6. The molecule has 0 amide bonds. The van der Waals surface area contributed by atoms with Crippen molar-refractivity contribution in [3.05, 3.63) is 29.8 Å². The van der Waals surface area contributed by atoms with Crippen LogP contribution in [0, 0.1) is 6.92 Å². The highest BCUT2D eigenvalue weighted by Gasteiger charge is 2.06. The average molecular weight is 199 g/mol. The van der Waals surface area contributed by atoms with Crippen LogP contribution in [0.1, 0.15) is 5.56 Å². The third-order valence-corrected chi connectivity index (χ3v) is 2.19. The molecule has 1 aromatic carbocycles. The Kier molecular flexibility index (Phi) is 4.19. The molecular weight excluding hydrogens is 188 g/mol. The van der Waals surface area contributed by atoms with Gasteiger partial charge in [-0.05, 0) is 19.1 Å². The van der Waals surface area contributed by atoms with Gasteiger partial charge in [0, 0.05) is 0 Å². The van der Waals surface area contributed by atoms with E-state index in [9.17, 15) is 8.42 Å². The highest BCUT2D eigenvalue weighted by atomic mass is 32.2. The van der Waals surface area contributed by atoms with Gasteiger partial charge in [0.2, 0.25) is 0 Å². The molecule has 0 saturated heterocycles. The van der Waals surface area contributed by atoms with Crippen molar-refractivity contribution in [2.75, 3.05) is 0 Å². The minimum Gasteiger partial charge on any atom is -0.282 e. The van der Waals surface area contributed by atoms with E-state index in [1.165, 1.54) is 12.1 Å². The Bertz CT molecular complexity index is 341. The van der Waals surface area contributed by atoms with Crippen molar-refractivity contribution < 1.29 is 13.0 Å². The largest absolute Gasteiger partial charge is 0.316 e. The normalized spacial score (nSPS) is 10.5. The maximum Gasteiger partial charge on any atom is 0.316 e. The van der Waals surface area contributed by atoms with Crippen molar-refractivity contribution in [2.45, 2.75) is 11.8 Å². The predicted octanol–water partition coefficient (Wildman–Crippen LogP) is 0.326. The molecule has 5 heteroatoms. The fourth-order valence-electron chi connectivity index (χ4n) is 0.710. The summed E-state index contributed by atoms with van der Waals surface area (Å²) in [7, 11) is -4.02. The van der Waals surface area contributed by atoms with Crippen molar-refractivity contribution in [1.82, 2.24) is 0 Å². The molecule has 1 rings (SSSR count). The predicted molar refractivity (Wildman–Crippen MR) is 49.5 cm³/mol. The number of benzene rings is 1. The van der Waals surface area contributed by atoms with Crippen LogP contribution < -0.4 is 0 Å². The van der Waals surface area contributed by atoms with E-state index in [0.717, 1.165) is 5.56 Å². The first-order valence-corrected chi connectivity index (χ1v) is 4.48. The zero-order chi connectivity index (χ0) is 8.48. The zero-order valence-electron chi connectivity index (χ0n) is 5.98. The Hall–Kier alpha value is -0.104. The topological polar surface area (TPSA) is 54.4 Å². The van der Waals surface area contributed by atoms with Gasteiger partial charge >= 0.3 is 23.1 Å². The van der Waals surface area contributed by atoms with Crippen LogP contribution in [0.4, 0.5) is 0 Å². The maximum atomic E-state index is 10.5. The summed E-state index contributed by atoms with van der Waals surface area (Å²) in [4.78, 5) is -0.0666. The number of rotatable bonds is 1. The standard InChI is InChI=1S/C7H8O3S.Mg.2H/c1-6-2-4-7(5-3-6)11(8,9)10;;;/h2-5H,1H3,(H,8,9,10);;;. The van der Waals surface area contributed by atoms with Crippen molar-refractivity contribution >= 4 is 33.2 Å². The Morgan fingerprint density at radius 2 is 1.58 bits per heavy atom. The lowest BCUT2D eigenvalue weighted by Gasteiger charge is -1.95. The van der Waals surface area contributed by atoms with Crippen LogP contribution in [-0.2, 0) is 10.1 Å². The van der Waals surface area contributed by atoms with E-state index in [-0.39, 0.29) is 27.9 Å². The van der Waals surface area contributed by atoms with Crippen LogP contribution in [-0.4, -0.2) is 36.0 Å². The molecule has 0 fully saturated rings. The molecule has 0 atom stereocenters. The summed E-state index contributed by atoms with van der Waals surface area (Å²) >= 11 is 0. The Morgan fingerprint density at radius 3 is 1.92 bits per heavy atom. The molecule has 1 N–H and O–H groups in total. The first-order chi connectivity index (χ1) is 5.00. The van der Waals surface area contributed by atoms with Gasteiger partial charge in [-0.3, -0.25) is 4.55 Å². The molecule has 3 nitrogen and oxygen atoms in total. The van der Waals surface area contributed by atoms with Gasteiger partial charge in [-0.15, -0.1) is 0 Å². The number of hydrogen-bond donors (Lipinski definition) is 1. The summed E-state index contributed by atoms with van der Waals surface area (Å²) in [6.45, 7) is 1.84. The van der Waals surface area contributed by atoms with Gasteiger partial charge in [0.1, 0.15) is 0 Å². The number of aryl methyl sites for hydroxylation is 1. The molecule has 12 heavy (non-hydrogen) atoms. The average Bonchev–Trinajstić information content (AvgIpc) is 1.86. The molecule has 0 spiro atoms. The Labute approximate surface area is 87.7 Å². The second-order valence-electron chi connectivity index (χ2n) is 2.29. The second-order valence-corrected chi connectivity index (χ2v) is 3.71. The zero-order valence-corrected chi connectivity index (χ0v) is 6.80. The van der Waals surface area contributed by atoms with Crippen molar-refractivity contribution in [3.8, 4) is 0 Å². The SMILES string of the molecule is Cc1ccc(S(=O)(=O)O)cc1.[MgH2]. The van der Waals surface area contributed by atoms with E-state index in [0.29, 0.717) is 0 Å². The van der Waals surface area contributed by atoms with Crippen molar-refractivity contribution in [1.29, 1.82) is 0 Å². The highest BCUT2D eigenvalue weighted by Crippen LogP contribution is 2.08. The lowest BCUT2D eigenvalue weighted by atomic mass is 10.2. The van der Waals surface area contributed by atoms with Crippen LogP contribution in [0.25, 0.3) is 0 Å². The van der Waals surface area contributed by atoms with Gasteiger partial charge in [-0.1, -0.05) is 17.7 Å². The molecule has 0 aliphatic carbocycles. The fraction of sp³-hybridized carbons (Fsp3) is 0.143. The van der Waals surface area contributed by atoms with Crippen molar-refractivity contribution in [3.63, 3.8) is 0 Å². The summed E-state index contributed by atoms with van der Waals surface area (Å²) in [5.41, 5.74) is 0.956. The van der Waals surface area contributed by atoms with E-state index in [2.05, 4.69) is 0 Å². The molecule has 0 aliphatic heterocycles.